The number of aryl methyl sites for hydroxylation is 1. The monoisotopic (exact) mass is 534 g/mol. The van der Waals surface area contributed by atoms with E-state index in [2.05, 4.69) is 59.2 Å². The van der Waals surface area contributed by atoms with E-state index in [-0.39, 0.29) is 12.6 Å². The topological polar surface area (TPSA) is 95.6 Å². The van der Waals surface area contributed by atoms with Gasteiger partial charge in [0.05, 0.1) is 30.9 Å². The van der Waals surface area contributed by atoms with E-state index in [9.17, 15) is 4.79 Å². The van der Waals surface area contributed by atoms with Crippen molar-refractivity contribution in [3.63, 3.8) is 0 Å². The summed E-state index contributed by atoms with van der Waals surface area (Å²) in [6.07, 6.45) is 6.56. The van der Waals surface area contributed by atoms with Gasteiger partial charge >= 0.3 is 0 Å². The smallest absolute Gasteiger partial charge is 0.261 e. The molecule has 0 fully saturated rings. The first-order valence-corrected chi connectivity index (χ1v) is 16.6. The van der Waals surface area contributed by atoms with Crippen LogP contribution in [0.25, 0.3) is 27.0 Å². The fourth-order valence-electron chi connectivity index (χ4n) is 4.12. The lowest BCUT2D eigenvalue weighted by Crippen LogP contribution is -2.22. The Morgan fingerprint density at radius 3 is 2.78 bits per heavy atom. The lowest BCUT2D eigenvalue weighted by molar-refractivity contribution is 0.0798. The van der Waals surface area contributed by atoms with Crippen LogP contribution in [0.5, 0.6) is 5.75 Å². The largest absolute Gasteiger partial charge is 0.496 e. The molecule has 0 aliphatic rings. The Kier molecular flexibility index (Phi) is 6.84. The van der Waals surface area contributed by atoms with Crippen molar-refractivity contribution >= 4 is 46.7 Å². The van der Waals surface area contributed by atoms with Gasteiger partial charge in [-0.05, 0) is 42.6 Å². The number of ether oxygens (including phenoxy) is 2. The van der Waals surface area contributed by atoms with Gasteiger partial charge in [0.25, 0.3) is 5.91 Å². The minimum absolute atomic E-state index is 0.263. The zero-order valence-corrected chi connectivity index (χ0v) is 23.4. The summed E-state index contributed by atoms with van der Waals surface area (Å²) in [6, 6.07) is 9.08. The third-order valence-corrected chi connectivity index (χ3v) is 8.76. The fraction of sp³-hybridized carbons (Fsp3) is 0.308. The van der Waals surface area contributed by atoms with Crippen molar-refractivity contribution in [2.24, 2.45) is 0 Å². The second kappa shape index (κ2) is 10.1. The number of nitrogens with one attached hydrogen (secondary N) is 1. The van der Waals surface area contributed by atoms with Gasteiger partial charge in [-0.25, -0.2) is 14.2 Å². The van der Waals surface area contributed by atoms with Gasteiger partial charge in [0.1, 0.15) is 18.0 Å². The van der Waals surface area contributed by atoms with E-state index in [1.165, 1.54) is 11.1 Å². The Balaban J connectivity index is 1.53. The Hall–Kier alpha value is -3.54. The molecule has 0 aliphatic heterocycles. The Labute approximate surface area is 220 Å². The Morgan fingerprint density at radius 1 is 1.16 bits per heavy atom. The molecule has 192 valence electrons. The van der Waals surface area contributed by atoms with Crippen molar-refractivity contribution in [2.75, 3.05) is 19.0 Å². The molecule has 0 saturated carbocycles. The number of methoxy groups -OCH3 is 1. The van der Waals surface area contributed by atoms with Crippen LogP contribution in [0.4, 0.5) is 5.69 Å². The van der Waals surface area contributed by atoms with E-state index in [4.69, 9.17) is 9.47 Å². The maximum Gasteiger partial charge on any atom is 0.261 e. The summed E-state index contributed by atoms with van der Waals surface area (Å²) in [5, 5.41) is 13.0. The number of aromatic nitrogens is 5. The van der Waals surface area contributed by atoms with E-state index in [0.29, 0.717) is 29.3 Å². The van der Waals surface area contributed by atoms with Gasteiger partial charge < -0.3 is 14.8 Å². The summed E-state index contributed by atoms with van der Waals surface area (Å²) in [4.78, 5) is 18.8. The van der Waals surface area contributed by atoms with Crippen molar-refractivity contribution in [3.05, 3.63) is 59.5 Å². The molecule has 4 heterocycles. The summed E-state index contributed by atoms with van der Waals surface area (Å²) in [5.74, 6) is 0.378. The molecule has 9 nitrogen and oxygen atoms in total. The van der Waals surface area contributed by atoms with E-state index < -0.39 is 8.07 Å². The maximum absolute atomic E-state index is 13.3. The number of nitrogens with zero attached hydrogens (tertiary/aromatic N) is 5. The van der Waals surface area contributed by atoms with Gasteiger partial charge in [-0.1, -0.05) is 19.6 Å². The average Bonchev–Trinajstić information content (AvgIpc) is 3.55. The highest BCUT2D eigenvalue weighted by Crippen LogP contribution is 2.40. The number of thiophene rings is 1. The second-order valence-corrected chi connectivity index (χ2v) is 17.0. The minimum Gasteiger partial charge on any atom is -0.496 e. The molecular formula is C26H30N6O3SSi. The van der Waals surface area contributed by atoms with Crippen molar-refractivity contribution in [1.82, 2.24) is 24.4 Å². The van der Waals surface area contributed by atoms with Crippen LogP contribution in [0.1, 0.15) is 15.2 Å². The van der Waals surface area contributed by atoms with Gasteiger partial charge in [-0.3, -0.25) is 4.79 Å². The molecule has 1 amide bonds. The highest BCUT2D eigenvalue weighted by Gasteiger charge is 2.22. The number of hydrogen-bond donors (Lipinski definition) is 1. The Bertz CT molecular complexity index is 1580. The van der Waals surface area contributed by atoms with Crippen LogP contribution in [0.15, 0.2) is 49.1 Å². The normalized spacial score (nSPS) is 11.9. The number of benzene rings is 1. The third kappa shape index (κ3) is 5.29. The van der Waals surface area contributed by atoms with Crippen molar-refractivity contribution in [3.8, 4) is 17.0 Å². The van der Waals surface area contributed by atoms with Crippen molar-refractivity contribution in [2.45, 2.75) is 39.3 Å². The lowest BCUT2D eigenvalue weighted by atomic mass is 10.1. The molecule has 5 aromatic rings. The second-order valence-electron chi connectivity index (χ2n) is 10.1. The molecule has 11 heteroatoms. The van der Waals surface area contributed by atoms with Crippen LogP contribution in [-0.2, 0) is 11.5 Å². The number of carbonyl (C=O) groups excluding carboxylic acids is 1. The van der Waals surface area contributed by atoms with Crippen LogP contribution in [0, 0.1) is 6.92 Å². The summed E-state index contributed by atoms with van der Waals surface area (Å²) < 4.78 is 16.3. The van der Waals surface area contributed by atoms with E-state index in [1.807, 2.05) is 6.07 Å². The summed E-state index contributed by atoms with van der Waals surface area (Å²) in [7, 11) is 0.421. The first-order chi connectivity index (χ1) is 17.7. The van der Waals surface area contributed by atoms with Gasteiger partial charge in [-0.2, -0.15) is 10.2 Å². The van der Waals surface area contributed by atoms with Crippen LogP contribution in [0.3, 0.4) is 0 Å². The SMILES string of the molecule is COc1cc2cc(C)sc2cc1-c1c(NC(=O)c2cnn3cccnc23)cnn1COCC[Si](C)(C)C. The predicted molar refractivity (Wildman–Crippen MR) is 149 cm³/mol. The maximum atomic E-state index is 13.3. The molecule has 0 atom stereocenters. The standard InChI is InChI=1S/C26H30N6O3SSi/c1-17-11-18-12-22(34-2)19(13-23(18)36-17)24-21(15-29-32(24)16-35-9-10-37(3,4)5)30-26(33)20-14-28-31-8-6-7-27-25(20)31/h6-8,11-15H,9-10,16H2,1-5H3,(H,30,33). The number of hydrogen-bond acceptors (Lipinski definition) is 7. The summed E-state index contributed by atoms with van der Waals surface area (Å²) in [5.41, 5.74) is 2.96. The highest BCUT2D eigenvalue weighted by molar-refractivity contribution is 7.19. The number of rotatable bonds is 9. The van der Waals surface area contributed by atoms with E-state index >= 15 is 0 Å². The minimum atomic E-state index is -1.23. The fourth-order valence-corrected chi connectivity index (χ4v) is 5.82. The van der Waals surface area contributed by atoms with Gasteiger partial charge in [0.15, 0.2) is 5.65 Å². The van der Waals surface area contributed by atoms with Crippen molar-refractivity contribution in [1.29, 1.82) is 0 Å². The molecule has 37 heavy (non-hydrogen) atoms. The molecule has 1 aromatic carbocycles. The average molecular weight is 535 g/mol. The lowest BCUT2D eigenvalue weighted by Gasteiger charge is -2.17. The van der Waals surface area contributed by atoms with Crippen LogP contribution >= 0.6 is 11.3 Å². The van der Waals surface area contributed by atoms with Gasteiger partial charge in [-0.15, -0.1) is 11.3 Å². The first-order valence-electron chi connectivity index (χ1n) is 12.1. The number of anilines is 1. The van der Waals surface area contributed by atoms with Crippen LogP contribution in [0.2, 0.25) is 25.7 Å². The first kappa shape index (κ1) is 25.1. The van der Waals surface area contributed by atoms with Crippen molar-refractivity contribution < 1.29 is 14.3 Å². The number of amides is 1. The molecule has 5 rings (SSSR count). The number of fused-ring (bicyclic) bond motifs is 2. The van der Waals surface area contributed by atoms with Crippen LogP contribution < -0.4 is 10.1 Å². The molecule has 1 N–H and O–H groups in total. The zero-order valence-electron chi connectivity index (χ0n) is 21.6. The third-order valence-electron chi connectivity index (χ3n) is 6.04. The van der Waals surface area contributed by atoms with Gasteiger partial charge in [0.2, 0.25) is 0 Å². The van der Waals surface area contributed by atoms with E-state index in [0.717, 1.165) is 27.4 Å². The Morgan fingerprint density at radius 2 is 2.00 bits per heavy atom. The molecule has 4 aromatic heterocycles. The quantitative estimate of drug-likeness (QED) is 0.193. The molecule has 0 unspecified atom stereocenters. The summed E-state index contributed by atoms with van der Waals surface area (Å²) >= 11 is 1.71. The number of carbonyl (C=O) groups is 1. The van der Waals surface area contributed by atoms with Gasteiger partial charge in [0, 0.05) is 42.2 Å². The molecular weight excluding hydrogens is 504 g/mol. The molecule has 0 aliphatic carbocycles. The molecule has 0 bridgehead atoms. The molecule has 0 radical (unpaired) electrons. The predicted octanol–water partition coefficient (Wildman–Crippen LogP) is 5.69. The molecule has 0 spiro atoms. The molecule has 0 saturated heterocycles. The highest BCUT2D eigenvalue weighted by atomic mass is 32.1. The van der Waals surface area contributed by atoms with E-state index in [1.54, 1.807) is 52.3 Å². The van der Waals surface area contributed by atoms with Crippen LogP contribution in [-0.4, -0.2) is 52.1 Å². The summed E-state index contributed by atoms with van der Waals surface area (Å²) in [6.45, 7) is 9.97. The zero-order chi connectivity index (χ0) is 26.2.